The molecule has 11 heteroatoms. The van der Waals surface area contributed by atoms with Crippen LogP contribution in [-0.2, 0) is 26.2 Å². The van der Waals surface area contributed by atoms with E-state index in [1.165, 1.54) is 37.3 Å². The highest BCUT2D eigenvalue weighted by Gasteiger charge is 2.35. The zero-order chi connectivity index (χ0) is 31.6. The number of rotatable bonds is 15. The standard InChI is InChI=1S/C32H40ClN3O6S/c1-6-8-19-34-32(38)28(7-2)35(21-24-11-13-25(33)14-12-24)31(37)22-36(29-20-26(41-4)15-18-30(29)42-5)43(39,40)27-16-9-23(3)10-17-27/h9-18,20,28H,6-8,19,21-22H2,1-5H3,(H,34,38). The summed E-state index contributed by atoms with van der Waals surface area (Å²) in [6.45, 7) is 5.65. The van der Waals surface area contributed by atoms with Crippen molar-refractivity contribution in [3.8, 4) is 11.5 Å². The number of aryl methyl sites for hydroxylation is 1. The van der Waals surface area contributed by atoms with Crippen LogP contribution in [0.1, 0.15) is 44.2 Å². The molecule has 3 aromatic rings. The molecule has 232 valence electrons. The Hall–Kier alpha value is -3.76. The van der Waals surface area contributed by atoms with E-state index in [9.17, 15) is 18.0 Å². The quantitative estimate of drug-likeness (QED) is 0.220. The molecule has 0 saturated carbocycles. The van der Waals surface area contributed by atoms with E-state index < -0.39 is 28.5 Å². The van der Waals surface area contributed by atoms with Gasteiger partial charge in [-0.05, 0) is 61.7 Å². The smallest absolute Gasteiger partial charge is 0.264 e. The lowest BCUT2D eigenvalue weighted by atomic mass is 10.1. The first kappa shape index (κ1) is 33.7. The molecule has 1 atom stereocenters. The fraction of sp³-hybridized carbons (Fsp3) is 0.375. The molecule has 0 saturated heterocycles. The number of ether oxygens (including phenoxy) is 2. The molecule has 0 heterocycles. The zero-order valence-corrected chi connectivity index (χ0v) is 26.9. The fourth-order valence-electron chi connectivity index (χ4n) is 4.55. The first-order valence-corrected chi connectivity index (χ1v) is 16.0. The van der Waals surface area contributed by atoms with E-state index in [0.29, 0.717) is 23.7 Å². The van der Waals surface area contributed by atoms with E-state index >= 15 is 0 Å². The van der Waals surface area contributed by atoms with Gasteiger partial charge in [-0.3, -0.25) is 13.9 Å². The Morgan fingerprint density at radius 1 is 0.953 bits per heavy atom. The maximum atomic E-state index is 14.3. The van der Waals surface area contributed by atoms with Gasteiger partial charge in [0.2, 0.25) is 11.8 Å². The second kappa shape index (κ2) is 15.6. The normalized spacial score (nSPS) is 11.9. The van der Waals surface area contributed by atoms with E-state index in [0.717, 1.165) is 28.3 Å². The molecule has 1 unspecified atom stereocenters. The summed E-state index contributed by atoms with van der Waals surface area (Å²) in [5.41, 5.74) is 1.75. The fourth-order valence-corrected chi connectivity index (χ4v) is 6.10. The Bertz CT molecular complexity index is 1480. The number of halogens is 1. The van der Waals surface area contributed by atoms with Gasteiger partial charge in [-0.1, -0.05) is 61.7 Å². The molecule has 1 N–H and O–H groups in total. The first-order valence-electron chi connectivity index (χ1n) is 14.2. The van der Waals surface area contributed by atoms with E-state index in [1.54, 1.807) is 48.5 Å². The molecule has 0 aromatic heterocycles. The third-order valence-corrected chi connectivity index (χ3v) is 9.05. The predicted molar refractivity (Wildman–Crippen MR) is 169 cm³/mol. The van der Waals surface area contributed by atoms with Crippen LogP contribution >= 0.6 is 11.6 Å². The Balaban J connectivity index is 2.12. The maximum absolute atomic E-state index is 14.3. The minimum Gasteiger partial charge on any atom is -0.497 e. The number of carbonyl (C=O) groups is 2. The van der Waals surface area contributed by atoms with Crippen LogP contribution in [0.5, 0.6) is 11.5 Å². The molecule has 2 amide bonds. The van der Waals surface area contributed by atoms with Crippen molar-refractivity contribution in [2.45, 2.75) is 57.5 Å². The summed E-state index contributed by atoms with van der Waals surface area (Å²) in [5, 5.41) is 3.46. The van der Waals surface area contributed by atoms with Crippen molar-refractivity contribution in [2.75, 3.05) is 31.6 Å². The summed E-state index contributed by atoms with van der Waals surface area (Å²) in [6, 6.07) is 17.2. The molecular weight excluding hydrogens is 590 g/mol. The molecule has 3 rings (SSSR count). The minimum atomic E-state index is -4.27. The number of hydrogen-bond acceptors (Lipinski definition) is 6. The van der Waals surface area contributed by atoms with Crippen molar-refractivity contribution in [1.29, 1.82) is 0 Å². The highest BCUT2D eigenvalue weighted by atomic mass is 35.5. The molecule has 0 aliphatic rings. The van der Waals surface area contributed by atoms with Gasteiger partial charge in [0.15, 0.2) is 0 Å². The van der Waals surface area contributed by atoms with Crippen molar-refractivity contribution < 1.29 is 27.5 Å². The molecular formula is C32H40ClN3O6S. The molecule has 0 fully saturated rings. The average Bonchev–Trinajstić information content (AvgIpc) is 3.00. The van der Waals surface area contributed by atoms with Crippen LogP contribution in [0.15, 0.2) is 71.6 Å². The Morgan fingerprint density at radius 3 is 2.21 bits per heavy atom. The van der Waals surface area contributed by atoms with Gasteiger partial charge in [0.05, 0.1) is 24.8 Å². The number of carbonyl (C=O) groups excluding carboxylic acids is 2. The van der Waals surface area contributed by atoms with Gasteiger partial charge in [-0.15, -0.1) is 0 Å². The Labute approximate surface area is 259 Å². The van der Waals surface area contributed by atoms with Crippen molar-refractivity contribution in [3.05, 3.63) is 82.9 Å². The van der Waals surface area contributed by atoms with E-state index in [-0.39, 0.29) is 28.8 Å². The summed E-state index contributed by atoms with van der Waals surface area (Å²) < 4.78 is 40.3. The SMILES string of the molecule is CCCCNC(=O)C(CC)N(Cc1ccc(Cl)cc1)C(=O)CN(c1cc(OC)ccc1OC)S(=O)(=O)c1ccc(C)cc1. The van der Waals surface area contributed by atoms with E-state index in [1.807, 2.05) is 20.8 Å². The summed E-state index contributed by atoms with van der Waals surface area (Å²) in [7, 11) is -1.39. The highest BCUT2D eigenvalue weighted by Crippen LogP contribution is 2.36. The lowest BCUT2D eigenvalue weighted by molar-refractivity contribution is -0.140. The summed E-state index contributed by atoms with van der Waals surface area (Å²) in [5.74, 6) is -0.247. The maximum Gasteiger partial charge on any atom is 0.264 e. The van der Waals surface area contributed by atoms with E-state index in [2.05, 4.69) is 5.32 Å². The lowest BCUT2D eigenvalue weighted by Crippen LogP contribution is -2.52. The second-order valence-corrected chi connectivity index (χ2v) is 12.4. The summed E-state index contributed by atoms with van der Waals surface area (Å²) in [4.78, 5) is 29.0. The van der Waals surface area contributed by atoms with Gasteiger partial charge < -0.3 is 19.7 Å². The highest BCUT2D eigenvalue weighted by molar-refractivity contribution is 7.92. The van der Waals surface area contributed by atoms with Gasteiger partial charge in [-0.25, -0.2) is 8.42 Å². The molecule has 43 heavy (non-hydrogen) atoms. The van der Waals surface area contributed by atoms with Crippen molar-refractivity contribution in [1.82, 2.24) is 10.2 Å². The second-order valence-electron chi connectivity index (χ2n) is 10.1. The number of hydrogen-bond donors (Lipinski definition) is 1. The number of anilines is 1. The average molecular weight is 630 g/mol. The Kier molecular flexibility index (Phi) is 12.3. The molecule has 0 spiro atoms. The monoisotopic (exact) mass is 629 g/mol. The Morgan fingerprint density at radius 2 is 1.63 bits per heavy atom. The van der Waals surface area contributed by atoms with Crippen molar-refractivity contribution in [2.24, 2.45) is 0 Å². The lowest BCUT2D eigenvalue weighted by Gasteiger charge is -2.33. The van der Waals surface area contributed by atoms with Crippen molar-refractivity contribution in [3.63, 3.8) is 0 Å². The van der Waals surface area contributed by atoms with Crippen LogP contribution in [0.3, 0.4) is 0 Å². The largest absolute Gasteiger partial charge is 0.497 e. The number of methoxy groups -OCH3 is 2. The molecule has 0 aliphatic heterocycles. The van der Waals surface area contributed by atoms with E-state index in [4.69, 9.17) is 21.1 Å². The molecule has 0 bridgehead atoms. The number of nitrogens with one attached hydrogen (secondary N) is 1. The third-order valence-electron chi connectivity index (χ3n) is 7.02. The summed E-state index contributed by atoms with van der Waals surface area (Å²) in [6.07, 6.45) is 2.02. The van der Waals surface area contributed by atoms with Gasteiger partial charge in [-0.2, -0.15) is 0 Å². The first-order chi connectivity index (χ1) is 20.5. The van der Waals surface area contributed by atoms with Crippen LogP contribution in [0, 0.1) is 6.92 Å². The van der Waals surface area contributed by atoms with Gasteiger partial charge >= 0.3 is 0 Å². The van der Waals surface area contributed by atoms with Crippen molar-refractivity contribution >= 4 is 39.1 Å². The van der Waals surface area contributed by atoms with Crippen LogP contribution in [-0.4, -0.2) is 58.5 Å². The van der Waals surface area contributed by atoms with Gasteiger partial charge in [0.1, 0.15) is 24.1 Å². The number of sulfonamides is 1. The van der Waals surface area contributed by atoms with Crippen LogP contribution < -0.4 is 19.1 Å². The van der Waals surface area contributed by atoms with Gasteiger partial charge in [0, 0.05) is 24.2 Å². The van der Waals surface area contributed by atoms with Gasteiger partial charge in [0.25, 0.3) is 10.0 Å². The van der Waals surface area contributed by atoms with Crippen LogP contribution in [0.2, 0.25) is 5.02 Å². The number of amides is 2. The topological polar surface area (TPSA) is 105 Å². The predicted octanol–water partition coefficient (Wildman–Crippen LogP) is 5.58. The summed E-state index contributed by atoms with van der Waals surface area (Å²) >= 11 is 6.09. The molecule has 0 aliphatic carbocycles. The molecule has 3 aromatic carbocycles. The van der Waals surface area contributed by atoms with Crippen LogP contribution in [0.25, 0.3) is 0 Å². The molecule has 9 nitrogen and oxygen atoms in total. The number of unbranched alkanes of at least 4 members (excludes halogenated alkanes) is 1. The zero-order valence-electron chi connectivity index (χ0n) is 25.3. The molecule has 0 radical (unpaired) electrons. The number of benzene rings is 3. The van der Waals surface area contributed by atoms with Crippen LogP contribution in [0.4, 0.5) is 5.69 Å². The third kappa shape index (κ3) is 8.64. The minimum absolute atomic E-state index is 0.00405. The number of nitrogens with zero attached hydrogens (tertiary/aromatic N) is 2.